The summed E-state index contributed by atoms with van der Waals surface area (Å²) in [6.45, 7) is 4.52. The summed E-state index contributed by atoms with van der Waals surface area (Å²) in [5.74, 6) is -0.819. The molecule has 1 rings (SSSR count). The molecule has 24 heavy (non-hydrogen) atoms. The number of halogens is 1. The molecule has 0 aromatic heterocycles. The number of rotatable bonds is 10. The molecule has 0 heterocycles. The topological polar surface area (TPSA) is 70.1 Å². The summed E-state index contributed by atoms with van der Waals surface area (Å²) in [5, 5.41) is 8.88. The Morgan fingerprint density at radius 3 is 2.38 bits per heavy atom. The lowest BCUT2D eigenvalue weighted by atomic mass is 10.3. The minimum Gasteiger partial charge on any atom is -0.494 e. The van der Waals surface area contributed by atoms with E-state index in [0.717, 1.165) is 0 Å². The highest BCUT2D eigenvalue weighted by Crippen LogP contribution is 2.11. The molecule has 0 saturated carbocycles. The normalized spacial score (nSPS) is 10.9. The van der Waals surface area contributed by atoms with E-state index in [2.05, 4.69) is 0 Å². The molecule has 0 unspecified atom stereocenters. The van der Waals surface area contributed by atoms with Crippen LogP contribution in [0.4, 0.5) is 4.39 Å². The van der Waals surface area contributed by atoms with E-state index in [0.29, 0.717) is 25.3 Å². The molecule has 1 amide bonds. The highest BCUT2D eigenvalue weighted by molar-refractivity contribution is 5.79. The van der Waals surface area contributed by atoms with Crippen molar-refractivity contribution in [2.24, 2.45) is 0 Å². The Kier molecular flexibility index (Phi) is 8.18. The number of hydrogen-bond acceptors (Lipinski definition) is 4. The Balaban J connectivity index is 2.32. The van der Waals surface area contributed by atoms with Crippen molar-refractivity contribution in [1.29, 1.82) is 0 Å². The van der Waals surface area contributed by atoms with Crippen LogP contribution in [0.3, 0.4) is 0 Å². The van der Waals surface area contributed by atoms with Gasteiger partial charge in [-0.2, -0.15) is 0 Å². The largest absolute Gasteiger partial charge is 0.494 e. The molecule has 0 fully saturated rings. The van der Waals surface area contributed by atoms with E-state index >= 15 is 0 Å². The molecule has 134 valence electrons. The highest BCUT2D eigenvalue weighted by atomic mass is 19.1. The number of benzene rings is 1. The molecular formula is C17H25FN2O4. The van der Waals surface area contributed by atoms with Gasteiger partial charge in [-0.1, -0.05) is 0 Å². The number of carboxylic acid groups (broad SMARTS) is 1. The van der Waals surface area contributed by atoms with Gasteiger partial charge in [-0.15, -0.1) is 0 Å². The summed E-state index contributed by atoms with van der Waals surface area (Å²) in [4.78, 5) is 26.1. The molecule has 0 atom stereocenters. The van der Waals surface area contributed by atoms with E-state index in [-0.39, 0.29) is 30.9 Å². The first-order valence-corrected chi connectivity index (χ1v) is 7.87. The average Bonchev–Trinajstić information content (AvgIpc) is 2.51. The van der Waals surface area contributed by atoms with Crippen LogP contribution in [0.2, 0.25) is 0 Å². The molecular weight excluding hydrogens is 315 g/mol. The predicted octanol–water partition coefficient (Wildman–Crippen LogP) is 1.85. The molecule has 1 aromatic carbocycles. The summed E-state index contributed by atoms with van der Waals surface area (Å²) >= 11 is 0. The monoisotopic (exact) mass is 340 g/mol. The summed E-state index contributed by atoms with van der Waals surface area (Å²) in [5.41, 5.74) is 0. The van der Waals surface area contributed by atoms with Crippen LogP contribution in [0.1, 0.15) is 20.3 Å². The molecule has 1 N–H and O–H groups in total. The second-order valence-corrected chi connectivity index (χ2v) is 5.86. The number of carbonyl (C=O) groups is 2. The number of amides is 1. The Hall–Kier alpha value is -2.15. The third-order valence-corrected chi connectivity index (χ3v) is 3.55. The molecule has 0 aliphatic carbocycles. The maximum atomic E-state index is 12.8. The third kappa shape index (κ3) is 7.41. The SMILES string of the molecule is CC(C)N(CC(=O)O)CC(=O)N(C)CCCOc1ccc(F)cc1. The van der Waals surface area contributed by atoms with Gasteiger partial charge in [0.05, 0.1) is 19.7 Å². The molecule has 0 spiro atoms. The standard InChI is InChI=1S/C17H25FN2O4/c1-13(2)20(12-17(22)23)11-16(21)19(3)9-4-10-24-15-7-5-14(18)6-8-15/h5-8,13H,4,9-12H2,1-3H3,(H,22,23). The fourth-order valence-corrected chi connectivity index (χ4v) is 2.04. The first kappa shape index (κ1) is 19.9. The summed E-state index contributed by atoms with van der Waals surface area (Å²) < 4.78 is 18.2. The van der Waals surface area contributed by atoms with Crippen molar-refractivity contribution in [2.75, 3.05) is 33.3 Å². The lowest BCUT2D eigenvalue weighted by Crippen LogP contribution is -2.44. The van der Waals surface area contributed by atoms with Crippen molar-refractivity contribution >= 4 is 11.9 Å². The van der Waals surface area contributed by atoms with Crippen LogP contribution in [0.25, 0.3) is 0 Å². The smallest absolute Gasteiger partial charge is 0.317 e. The summed E-state index contributed by atoms with van der Waals surface area (Å²) in [6.07, 6.45) is 0.625. The van der Waals surface area contributed by atoms with Gasteiger partial charge in [0.1, 0.15) is 11.6 Å². The molecule has 0 aliphatic rings. The van der Waals surface area contributed by atoms with E-state index in [1.807, 2.05) is 13.8 Å². The minimum atomic E-state index is -0.952. The Morgan fingerprint density at radius 1 is 1.21 bits per heavy atom. The van der Waals surface area contributed by atoms with Crippen LogP contribution in [0, 0.1) is 5.82 Å². The molecule has 0 aliphatic heterocycles. The first-order chi connectivity index (χ1) is 11.3. The molecule has 1 aromatic rings. The Morgan fingerprint density at radius 2 is 1.83 bits per heavy atom. The molecule has 7 heteroatoms. The van der Waals surface area contributed by atoms with Crippen LogP contribution in [-0.4, -0.2) is 66.1 Å². The zero-order chi connectivity index (χ0) is 18.1. The number of likely N-dealkylation sites (N-methyl/N-ethyl adjacent to an activating group) is 1. The number of nitrogens with zero attached hydrogens (tertiary/aromatic N) is 2. The van der Waals surface area contributed by atoms with Crippen LogP contribution >= 0.6 is 0 Å². The van der Waals surface area contributed by atoms with E-state index in [4.69, 9.17) is 9.84 Å². The van der Waals surface area contributed by atoms with Gasteiger partial charge in [0.2, 0.25) is 5.91 Å². The van der Waals surface area contributed by atoms with Crippen molar-refractivity contribution in [3.05, 3.63) is 30.1 Å². The first-order valence-electron chi connectivity index (χ1n) is 7.87. The van der Waals surface area contributed by atoms with Gasteiger partial charge in [-0.25, -0.2) is 4.39 Å². The second-order valence-electron chi connectivity index (χ2n) is 5.86. The minimum absolute atomic E-state index is 0.0275. The lowest BCUT2D eigenvalue weighted by Gasteiger charge is -2.26. The number of carbonyl (C=O) groups excluding carboxylic acids is 1. The van der Waals surface area contributed by atoms with Crippen LogP contribution in [0.15, 0.2) is 24.3 Å². The highest BCUT2D eigenvalue weighted by Gasteiger charge is 2.19. The van der Waals surface area contributed by atoms with Crippen molar-refractivity contribution in [3.63, 3.8) is 0 Å². The average molecular weight is 340 g/mol. The summed E-state index contributed by atoms with van der Waals surface area (Å²) in [6, 6.07) is 5.73. The van der Waals surface area contributed by atoms with E-state index in [1.54, 1.807) is 29.0 Å². The fraction of sp³-hybridized carbons (Fsp3) is 0.529. The number of hydrogen-bond donors (Lipinski definition) is 1. The van der Waals surface area contributed by atoms with Crippen LogP contribution < -0.4 is 4.74 Å². The van der Waals surface area contributed by atoms with Gasteiger partial charge >= 0.3 is 5.97 Å². The zero-order valence-electron chi connectivity index (χ0n) is 14.4. The third-order valence-electron chi connectivity index (χ3n) is 3.55. The Labute approximate surface area is 141 Å². The molecule has 6 nitrogen and oxygen atoms in total. The number of aliphatic carboxylic acids is 1. The lowest BCUT2D eigenvalue weighted by molar-refractivity contribution is -0.140. The van der Waals surface area contributed by atoms with Gasteiger partial charge < -0.3 is 14.7 Å². The van der Waals surface area contributed by atoms with Gasteiger partial charge in [-0.3, -0.25) is 14.5 Å². The number of carboxylic acids is 1. The van der Waals surface area contributed by atoms with Gasteiger partial charge in [0.25, 0.3) is 0 Å². The number of ether oxygens (including phenoxy) is 1. The van der Waals surface area contributed by atoms with Crippen LogP contribution in [-0.2, 0) is 9.59 Å². The maximum absolute atomic E-state index is 12.8. The maximum Gasteiger partial charge on any atom is 0.317 e. The Bertz CT molecular complexity index is 534. The molecule has 0 saturated heterocycles. The quantitative estimate of drug-likeness (QED) is 0.658. The van der Waals surface area contributed by atoms with Crippen LogP contribution in [0.5, 0.6) is 5.75 Å². The van der Waals surface area contributed by atoms with Crippen molar-refractivity contribution in [2.45, 2.75) is 26.3 Å². The van der Waals surface area contributed by atoms with E-state index < -0.39 is 5.97 Å². The predicted molar refractivity (Wildman–Crippen MR) is 88.5 cm³/mol. The molecule has 0 bridgehead atoms. The van der Waals surface area contributed by atoms with E-state index in [1.165, 1.54) is 12.1 Å². The van der Waals surface area contributed by atoms with Gasteiger partial charge in [-0.05, 0) is 44.5 Å². The fourth-order valence-electron chi connectivity index (χ4n) is 2.04. The van der Waals surface area contributed by atoms with Gasteiger partial charge in [0.15, 0.2) is 0 Å². The van der Waals surface area contributed by atoms with Gasteiger partial charge in [0, 0.05) is 19.6 Å². The van der Waals surface area contributed by atoms with Crippen molar-refractivity contribution in [1.82, 2.24) is 9.80 Å². The van der Waals surface area contributed by atoms with Crippen molar-refractivity contribution < 1.29 is 23.8 Å². The second kappa shape index (κ2) is 9.87. The van der Waals surface area contributed by atoms with Crippen molar-refractivity contribution in [3.8, 4) is 5.75 Å². The molecule has 0 radical (unpaired) electrons. The van der Waals surface area contributed by atoms with E-state index in [9.17, 15) is 14.0 Å². The zero-order valence-corrected chi connectivity index (χ0v) is 14.4. The summed E-state index contributed by atoms with van der Waals surface area (Å²) in [7, 11) is 1.68.